The van der Waals surface area contributed by atoms with Crippen molar-refractivity contribution < 1.29 is 18.0 Å². The van der Waals surface area contributed by atoms with Crippen LogP contribution in [0.1, 0.15) is 68.5 Å². The Morgan fingerprint density at radius 2 is 1.89 bits per heavy atom. The smallest absolute Gasteiger partial charge is 0.364 e. The van der Waals surface area contributed by atoms with Crippen LogP contribution in [0.5, 0.6) is 0 Å². The van der Waals surface area contributed by atoms with Gasteiger partial charge in [0.15, 0.2) is 17.0 Å². The third-order valence-electron chi connectivity index (χ3n) is 7.16. The maximum Gasteiger partial charge on any atom is 0.416 e. The molecule has 1 saturated heterocycles. The molecule has 11 heteroatoms. The van der Waals surface area contributed by atoms with E-state index in [4.69, 9.17) is 4.98 Å². The van der Waals surface area contributed by atoms with Crippen molar-refractivity contribution in [1.29, 1.82) is 0 Å². The molecule has 1 amide bonds. The van der Waals surface area contributed by atoms with E-state index in [0.29, 0.717) is 54.0 Å². The zero-order chi connectivity index (χ0) is 25.8. The highest BCUT2D eigenvalue weighted by molar-refractivity contribution is 5.84. The molecule has 0 unspecified atom stereocenters. The van der Waals surface area contributed by atoms with E-state index in [0.717, 1.165) is 57.2 Å². The first-order valence-corrected chi connectivity index (χ1v) is 13.0. The number of fused-ring (bicyclic) bond motifs is 1. The molecule has 37 heavy (non-hydrogen) atoms. The number of hydrogen-bond acceptors (Lipinski definition) is 6. The number of carbonyl (C=O) groups excluding carboxylic acids is 1. The van der Waals surface area contributed by atoms with Crippen molar-refractivity contribution in [3.63, 3.8) is 0 Å². The van der Waals surface area contributed by atoms with Gasteiger partial charge >= 0.3 is 6.18 Å². The van der Waals surface area contributed by atoms with Gasteiger partial charge in [0.1, 0.15) is 0 Å². The first-order chi connectivity index (χ1) is 17.9. The second-order valence-corrected chi connectivity index (χ2v) is 9.83. The Bertz CT molecular complexity index is 1240. The highest BCUT2D eigenvalue weighted by Crippen LogP contribution is 2.33. The molecule has 3 heterocycles. The van der Waals surface area contributed by atoms with Crippen LogP contribution in [0.2, 0.25) is 0 Å². The molecule has 1 aromatic carbocycles. The van der Waals surface area contributed by atoms with Gasteiger partial charge in [0.25, 0.3) is 0 Å². The molecule has 3 aromatic rings. The van der Waals surface area contributed by atoms with Crippen LogP contribution in [-0.4, -0.2) is 50.0 Å². The van der Waals surface area contributed by atoms with Crippen LogP contribution in [0.3, 0.4) is 0 Å². The third kappa shape index (κ3) is 5.97. The zero-order valence-corrected chi connectivity index (χ0v) is 20.7. The molecule has 0 bridgehead atoms. The molecule has 0 atom stereocenters. The summed E-state index contributed by atoms with van der Waals surface area (Å²) in [7, 11) is 0. The molecule has 0 spiro atoms. The van der Waals surface area contributed by atoms with Crippen molar-refractivity contribution in [1.82, 2.24) is 24.4 Å². The van der Waals surface area contributed by atoms with E-state index < -0.39 is 11.7 Å². The van der Waals surface area contributed by atoms with Crippen LogP contribution < -0.4 is 10.6 Å². The number of rotatable bonds is 9. The van der Waals surface area contributed by atoms with E-state index in [-0.39, 0.29) is 12.5 Å². The molecule has 198 valence electrons. The maximum absolute atomic E-state index is 13.2. The lowest BCUT2D eigenvalue weighted by Crippen LogP contribution is -2.27. The van der Waals surface area contributed by atoms with Gasteiger partial charge in [-0.05, 0) is 43.4 Å². The Morgan fingerprint density at radius 3 is 2.65 bits per heavy atom. The van der Waals surface area contributed by atoms with E-state index in [2.05, 4.69) is 25.2 Å². The minimum Gasteiger partial charge on any atom is -0.364 e. The van der Waals surface area contributed by atoms with Crippen molar-refractivity contribution in [2.24, 2.45) is 0 Å². The average Bonchev–Trinajstić information content (AvgIpc) is 3.51. The van der Waals surface area contributed by atoms with E-state index in [9.17, 15) is 18.0 Å². The summed E-state index contributed by atoms with van der Waals surface area (Å²) in [5.74, 6) is 1.12. The van der Waals surface area contributed by atoms with Gasteiger partial charge in [-0.15, -0.1) is 0 Å². The zero-order valence-electron chi connectivity index (χ0n) is 20.7. The number of likely N-dealkylation sites (tertiary alicyclic amines) is 1. The summed E-state index contributed by atoms with van der Waals surface area (Å²) in [6.45, 7) is 2.27. The van der Waals surface area contributed by atoms with Crippen LogP contribution in [0.25, 0.3) is 11.2 Å². The second-order valence-electron chi connectivity index (χ2n) is 9.83. The van der Waals surface area contributed by atoms with E-state index in [1.807, 2.05) is 4.90 Å². The fourth-order valence-electron chi connectivity index (χ4n) is 5.20. The lowest BCUT2D eigenvalue weighted by atomic mass is 9.95. The molecule has 1 aliphatic carbocycles. The van der Waals surface area contributed by atoms with Crippen LogP contribution >= 0.6 is 0 Å². The Morgan fingerprint density at radius 1 is 1.05 bits per heavy atom. The molecule has 2 N–H and O–H groups in total. The maximum atomic E-state index is 13.2. The molecule has 8 nitrogen and oxygen atoms in total. The standard InChI is InChI=1S/C26H32F3N7O/c27-26(28,29)19-8-4-7-18(15-19)16-31-23-22-24(36(17-32-22)20-9-2-1-3-10-20)34-25(33-23)30-12-6-14-35-13-5-11-21(35)37/h4,7-8,15,17,20H,1-3,5-6,9-14,16H2,(H2,30,31,33,34). The van der Waals surface area contributed by atoms with Gasteiger partial charge in [-0.25, -0.2) is 4.98 Å². The molecule has 1 saturated carbocycles. The number of nitrogens with zero attached hydrogens (tertiary/aromatic N) is 5. The van der Waals surface area contributed by atoms with Gasteiger partial charge in [0.2, 0.25) is 11.9 Å². The summed E-state index contributed by atoms with van der Waals surface area (Å²) in [4.78, 5) is 27.7. The highest BCUT2D eigenvalue weighted by Gasteiger charge is 2.30. The molecule has 0 radical (unpaired) electrons. The Hall–Kier alpha value is -3.37. The van der Waals surface area contributed by atoms with Crippen molar-refractivity contribution >= 4 is 28.8 Å². The van der Waals surface area contributed by atoms with Crippen molar-refractivity contribution in [3.8, 4) is 0 Å². The molecular formula is C26H32F3N7O. The number of alkyl halides is 3. The number of nitrogens with one attached hydrogen (secondary N) is 2. The Balaban J connectivity index is 1.35. The number of anilines is 2. The van der Waals surface area contributed by atoms with Gasteiger partial charge in [-0.1, -0.05) is 31.4 Å². The number of benzene rings is 1. The van der Waals surface area contributed by atoms with E-state index in [1.54, 1.807) is 12.4 Å². The first-order valence-electron chi connectivity index (χ1n) is 13.0. The lowest BCUT2D eigenvalue weighted by Gasteiger charge is -2.23. The van der Waals surface area contributed by atoms with Crippen molar-refractivity contribution in [2.45, 2.75) is 70.1 Å². The predicted molar refractivity (Wildman–Crippen MR) is 135 cm³/mol. The topological polar surface area (TPSA) is 88.0 Å². The molecule has 5 rings (SSSR count). The first kappa shape index (κ1) is 25.3. The molecule has 2 fully saturated rings. The molecule has 2 aliphatic rings. The SMILES string of the molecule is O=C1CCCN1CCCNc1nc(NCc2cccc(C(F)(F)F)c2)c2ncn(C3CCCCC3)c2n1. The summed E-state index contributed by atoms with van der Waals surface area (Å²) in [6, 6.07) is 5.59. The van der Waals surface area contributed by atoms with Gasteiger partial charge in [-0.3, -0.25) is 4.79 Å². The number of carbonyl (C=O) groups is 1. The second kappa shape index (κ2) is 10.9. The predicted octanol–water partition coefficient (Wildman–Crippen LogP) is 5.39. The normalized spacial score (nSPS) is 17.1. The Kier molecular flexibility index (Phi) is 7.48. The monoisotopic (exact) mass is 515 g/mol. The number of halogens is 3. The lowest BCUT2D eigenvalue weighted by molar-refractivity contribution is -0.137. The Labute approximate surface area is 213 Å². The third-order valence-corrected chi connectivity index (χ3v) is 7.16. The van der Waals surface area contributed by atoms with Crippen LogP contribution in [0, 0.1) is 0 Å². The summed E-state index contributed by atoms with van der Waals surface area (Å²) >= 11 is 0. The summed E-state index contributed by atoms with van der Waals surface area (Å²) in [5, 5.41) is 6.47. The number of aromatic nitrogens is 4. The minimum absolute atomic E-state index is 0.169. The largest absolute Gasteiger partial charge is 0.416 e. The van der Waals surface area contributed by atoms with Crippen LogP contribution in [-0.2, 0) is 17.5 Å². The summed E-state index contributed by atoms with van der Waals surface area (Å²) in [6.07, 6.45) is 5.39. The van der Waals surface area contributed by atoms with Gasteiger partial charge in [0, 0.05) is 38.6 Å². The highest BCUT2D eigenvalue weighted by atomic mass is 19.4. The van der Waals surface area contributed by atoms with Crippen LogP contribution in [0.4, 0.5) is 24.9 Å². The average molecular weight is 516 g/mol. The summed E-state index contributed by atoms with van der Waals surface area (Å²) in [5.41, 5.74) is 1.13. The van der Waals surface area contributed by atoms with Gasteiger partial charge in [-0.2, -0.15) is 23.1 Å². The fraction of sp³-hybridized carbons (Fsp3) is 0.538. The molecule has 1 aliphatic heterocycles. The molecular weight excluding hydrogens is 483 g/mol. The fourth-order valence-corrected chi connectivity index (χ4v) is 5.20. The molecule has 2 aromatic heterocycles. The van der Waals surface area contributed by atoms with Crippen LogP contribution in [0.15, 0.2) is 30.6 Å². The summed E-state index contributed by atoms with van der Waals surface area (Å²) < 4.78 is 41.6. The minimum atomic E-state index is -4.40. The van der Waals surface area contributed by atoms with Gasteiger partial charge in [0.05, 0.1) is 11.9 Å². The number of amides is 1. The quantitative estimate of drug-likeness (QED) is 0.372. The number of hydrogen-bond donors (Lipinski definition) is 2. The van der Waals surface area contributed by atoms with Crippen molar-refractivity contribution in [3.05, 3.63) is 41.7 Å². The van der Waals surface area contributed by atoms with Crippen molar-refractivity contribution in [2.75, 3.05) is 30.3 Å². The number of imidazole rings is 1. The van der Waals surface area contributed by atoms with E-state index in [1.165, 1.54) is 12.5 Å². The van der Waals surface area contributed by atoms with Gasteiger partial charge < -0.3 is 20.1 Å². The van der Waals surface area contributed by atoms with E-state index >= 15 is 0 Å².